The van der Waals surface area contributed by atoms with Crippen molar-refractivity contribution in [3.8, 4) is 10.6 Å². The average molecular weight is 361 g/mol. The van der Waals surface area contributed by atoms with Crippen LogP contribution in [0.15, 0.2) is 30.7 Å². The number of amides is 1. The van der Waals surface area contributed by atoms with Gasteiger partial charge in [0.2, 0.25) is 0 Å². The van der Waals surface area contributed by atoms with Crippen LogP contribution in [0.4, 0.5) is 0 Å². The summed E-state index contributed by atoms with van der Waals surface area (Å²) in [6.07, 6.45) is 5.14. The summed E-state index contributed by atoms with van der Waals surface area (Å²) in [5, 5.41) is 4.15. The Hall–Kier alpha value is -1.21. The van der Waals surface area contributed by atoms with Crippen LogP contribution < -0.4 is 5.32 Å². The van der Waals surface area contributed by atoms with Gasteiger partial charge in [-0.3, -0.25) is 9.78 Å². The molecule has 0 bridgehead atoms. The molecule has 5 nitrogen and oxygen atoms in total. The third-order valence-electron chi connectivity index (χ3n) is 3.41. The summed E-state index contributed by atoms with van der Waals surface area (Å²) in [4.78, 5) is 23.5. The van der Waals surface area contributed by atoms with E-state index in [2.05, 4.69) is 22.2 Å². The number of carbonyl (C=O) groups is 1. The van der Waals surface area contributed by atoms with E-state index >= 15 is 0 Å². The highest BCUT2D eigenvalue weighted by atomic mass is 35.5. The molecular formula is C14H18Cl2N4OS. The summed E-state index contributed by atoms with van der Waals surface area (Å²) < 4.78 is 0. The Kier molecular flexibility index (Phi) is 7.22. The molecule has 3 heterocycles. The summed E-state index contributed by atoms with van der Waals surface area (Å²) in [7, 11) is 0. The van der Waals surface area contributed by atoms with Gasteiger partial charge < -0.3 is 10.2 Å². The van der Waals surface area contributed by atoms with Crippen LogP contribution in [0.2, 0.25) is 0 Å². The van der Waals surface area contributed by atoms with E-state index in [9.17, 15) is 4.79 Å². The van der Waals surface area contributed by atoms with Gasteiger partial charge in [0.1, 0.15) is 9.88 Å². The largest absolute Gasteiger partial charge is 0.333 e. The fourth-order valence-electron chi connectivity index (χ4n) is 2.29. The van der Waals surface area contributed by atoms with Gasteiger partial charge in [0.15, 0.2) is 0 Å². The lowest BCUT2D eigenvalue weighted by atomic mass is 10.2. The highest BCUT2D eigenvalue weighted by Gasteiger charge is 2.25. The first kappa shape index (κ1) is 18.8. The molecule has 1 fully saturated rings. The molecular weight excluding hydrogens is 343 g/mol. The number of aromatic nitrogens is 2. The molecule has 0 saturated carbocycles. The first-order valence-electron chi connectivity index (χ1n) is 6.63. The Morgan fingerprint density at radius 1 is 1.36 bits per heavy atom. The number of piperazine rings is 1. The van der Waals surface area contributed by atoms with Crippen molar-refractivity contribution >= 4 is 42.1 Å². The number of rotatable bonds is 2. The van der Waals surface area contributed by atoms with E-state index in [1.54, 1.807) is 18.6 Å². The van der Waals surface area contributed by atoms with Crippen molar-refractivity contribution in [2.45, 2.75) is 13.0 Å². The Bertz CT molecular complexity index is 608. The van der Waals surface area contributed by atoms with Crippen LogP contribution in [0.25, 0.3) is 10.6 Å². The van der Waals surface area contributed by atoms with E-state index in [1.807, 2.05) is 17.0 Å². The monoisotopic (exact) mass is 360 g/mol. The second-order valence-corrected chi connectivity index (χ2v) is 5.85. The molecule has 1 amide bonds. The van der Waals surface area contributed by atoms with Gasteiger partial charge in [-0.25, -0.2) is 4.98 Å². The lowest BCUT2D eigenvalue weighted by Gasteiger charge is -2.33. The number of carbonyl (C=O) groups excluding carboxylic acids is 1. The van der Waals surface area contributed by atoms with E-state index in [0.29, 0.717) is 4.88 Å². The molecule has 8 heteroatoms. The summed E-state index contributed by atoms with van der Waals surface area (Å²) in [6, 6.07) is 4.03. The zero-order valence-electron chi connectivity index (χ0n) is 12.1. The zero-order chi connectivity index (χ0) is 13.9. The average Bonchev–Trinajstić information content (AvgIpc) is 2.98. The quantitative estimate of drug-likeness (QED) is 0.893. The SMILES string of the molecule is C[C@H]1CNCCN1C(=O)c1cnc(-c2ccncc2)s1.Cl.Cl. The minimum atomic E-state index is 0. The number of thiazole rings is 1. The summed E-state index contributed by atoms with van der Waals surface area (Å²) in [6.45, 7) is 4.52. The molecule has 1 saturated heterocycles. The minimum Gasteiger partial charge on any atom is -0.333 e. The summed E-state index contributed by atoms with van der Waals surface area (Å²) in [5.41, 5.74) is 0.998. The number of hydrogen-bond donors (Lipinski definition) is 1. The fraction of sp³-hybridized carbons (Fsp3) is 0.357. The van der Waals surface area contributed by atoms with Gasteiger partial charge >= 0.3 is 0 Å². The molecule has 1 atom stereocenters. The standard InChI is InChI=1S/C14H16N4OS.2ClH/c1-10-8-16-6-7-18(10)14(19)12-9-17-13(20-12)11-2-4-15-5-3-11;;/h2-5,9-10,16H,6-8H2,1H3;2*1H/t10-;;/m0../s1. The van der Waals surface area contributed by atoms with Crippen LogP contribution in [-0.4, -0.2) is 46.5 Å². The molecule has 0 aliphatic carbocycles. The lowest BCUT2D eigenvalue weighted by molar-refractivity contribution is 0.0660. The predicted molar refractivity (Wildman–Crippen MR) is 93.2 cm³/mol. The van der Waals surface area contributed by atoms with Crippen molar-refractivity contribution < 1.29 is 4.79 Å². The van der Waals surface area contributed by atoms with Gasteiger partial charge in [-0.2, -0.15) is 0 Å². The van der Waals surface area contributed by atoms with Crippen LogP contribution in [0, 0.1) is 0 Å². The number of nitrogens with one attached hydrogen (secondary N) is 1. The Morgan fingerprint density at radius 3 is 2.77 bits per heavy atom. The maximum absolute atomic E-state index is 12.5. The Balaban J connectivity index is 0.00000121. The van der Waals surface area contributed by atoms with Crippen LogP contribution in [0.1, 0.15) is 16.6 Å². The second kappa shape index (κ2) is 8.43. The topological polar surface area (TPSA) is 58.1 Å². The molecule has 1 aliphatic heterocycles. The van der Waals surface area contributed by atoms with Crippen molar-refractivity contribution in [1.29, 1.82) is 0 Å². The molecule has 22 heavy (non-hydrogen) atoms. The van der Waals surface area contributed by atoms with Gasteiger partial charge in [0.05, 0.1) is 6.20 Å². The van der Waals surface area contributed by atoms with Crippen LogP contribution in [-0.2, 0) is 0 Å². The molecule has 0 aromatic carbocycles. The molecule has 0 spiro atoms. The first-order valence-corrected chi connectivity index (χ1v) is 7.45. The van der Waals surface area contributed by atoms with Crippen LogP contribution >= 0.6 is 36.2 Å². The molecule has 2 aromatic rings. The van der Waals surface area contributed by atoms with Crippen molar-refractivity contribution in [2.24, 2.45) is 0 Å². The van der Waals surface area contributed by atoms with E-state index in [0.717, 1.165) is 30.2 Å². The normalized spacial score (nSPS) is 17.3. The van der Waals surface area contributed by atoms with E-state index in [-0.39, 0.29) is 36.8 Å². The highest BCUT2D eigenvalue weighted by Crippen LogP contribution is 2.25. The van der Waals surface area contributed by atoms with Gasteiger partial charge in [0, 0.05) is 43.6 Å². The maximum atomic E-state index is 12.5. The third-order valence-corrected chi connectivity index (χ3v) is 4.44. The Labute approximate surface area is 146 Å². The summed E-state index contributed by atoms with van der Waals surface area (Å²) in [5.74, 6) is 0.0804. The molecule has 0 radical (unpaired) electrons. The molecule has 0 unspecified atom stereocenters. The van der Waals surface area contributed by atoms with E-state index in [1.165, 1.54) is 11.3 Å². The van der Waals surface area contributed by atoms with Gasteiger partial charge in [0.25, 0.3) is 5.91 Å². The number of nitrogens with zero attached hydrogens (tertiary/aromatic N) is 3. The van der Waals surface area contributed by atoms with Gasteiger partial charge in [-0.15, -0.1) is 36.2 Å². The number of hydrogen-bond acceptors (Lipinski definition) is 5. The van der Waals surface area contributed by atoms with Crippen LogP contribution in [0.5, 0.6) is 0 Å². The fourth-order valence-corrected chi connectivity index (χ4v) is 3.16. The minimum absolute atomic E-state index is 0. The smallest absolute Gasteiger partial charge is 0.265 e. The van der Waals surface area contributed by atoms with Gasteiger partial charge in [-0.05, 0) is 19.1 Å². The third kappa shape index (κ3) is 3.95. The highest BCUT2D eigenvalue weighted by molar-refractivity contribution is 7.16. The lowest BCUT2D eigenvalue weighted by Crippen LogP contribution is -2.52. The maximum Gasteiger partial charge on any atom is 0.265 e. The van der Waals surface area contributed by atoms with Crippen LogP contribution in [0.3, 0.4) is 0 Å². The summed E-state index contributed by atoms with van der Waals surface area (Å²) >= 11 is 1.44. The van der Waals surface area contributed by atoms with Gasteiger partial charge in [-0.1, -0.05) is 0 Å². The van der Waals surface area contributed by atoms with E-state index < -0.39 is 0 Å². The molecule has 2 aromatic heterocycles. The Morgan fingerprint density at radius 2 is 2.09 bits per heavy atom. The number of halogens is 2. The van der Waals surface area contributed by atoms with Crippen molar-refractivity contribution in [3.05, 3.63) is 35.6 Å². The van der Waals surface area contributed by atoms with E-state index in [4.69, 9.17) is 0 Å². The molecule has 1 aliphatic rings. The van der Waals surface area contributed by atoms with Crippen molar-refractivity contribution in [2.75, 3.05) is 19.6 Å². The van der Waals surface area contributed by atoms with Crippen molar-refractivity contribution in [1.82, 2.24) is 20.2 Å². The number of pyridine rings is 1. The molecule has 120 valence electrons. The van der Waals surface area contributed by atoms with Crippen molar-refractivity contribution in [3.63, 3.8) is 0 Å². The molecule has 3 rings (SSSR count). The first-order chi connectivity index (χ1) is 9.75. The zero-order valence-corrected chi connectivity index (χ0v) is 14.5. The molecule has 1 N–H and O–H groups in total. The second-order valence-electron chi connectivity index (χ2n) is 4.82. The predicted octanol–water partition coefficient (Wildman–Crippen LogP) is 2.48.